The van der Waals surface area contributed by atoms with E-state index in [4.69, 9.17) is 66.3 Å². The standard InChI is InChI=1S/C53H92Cl2N10O9/c1-5-56-48(66)32-44-52-62-61-35(3)65(52)47-17-15-41(31-43(47)51(58-44)37-8-12-39(55)13-9-37)74-29-28-73-27-26-72-25-24-71-23-22-70-21-20-69-19-18-57-49(67)33-45-53-63-60-34(2)64(53)46-16-14-40(68-4)30-42(46)50(59-45)36-6-10-38(54)11-7-36/h34-47,52-53,60-63H,5-33H2,1-4H3,(H,56,66)(H,57,67)/t34?,35?,36?,37?,38?,39?,40?,41?,42?,43?,44-,45-,46?,47?,52?,53?/m0/s1. The highest BCUT2D eigenvalue weighted by Crippen LogP contribution is 2.44. The first-order valence-electron chi connectivity index (χ1n) is 28.7. The van der Waals surface area contributed by atoms with Crippen LogP contribution in [0, 0.1) is 23.7 Å². The summed E-state index contributed by atoms with van der Waals surface area (Å²) in [6.45, 7) is 12.6. The molecule has 6 fully saturated rings. The lowest BCUT2D eigenvalue weighted by Gasteiger charge is -2.44. The number of nitrogens with one attached hydrogen (secondary N) is 6. The molecule has 422 valence electrons. The van der Waals surface area contributed by atoms with E-state index in [1.807, 2.05) is 14.0 Å². The summed E-state index contributed by atoms with van der Waals surface area (Å²) in [5.74, 6) is 1.39. The van der Waals surface area contributed by atoms with Crippen molar-refractivity contribution >= 4 is 46.4 Å². The number of carbonyl (C=O) groups is 2. The molecule has 74 heavy (non-hydrogen) atoms. The fourth-order valence-electron chi connectivity index (χ4n) is 13.5. The first-order valence-corrected chi connectivity index (χ1v) is 29.6. The number of halogens is 2. The first kappa shape index (κ1) is 58.5. The van der Waals surface area contributed by atoms with Crippen LogP contribution in [0.4, 0.5) is 0 Å². The Balaban J connectivity index is 0.649. The molecule has 0 aromatic rings. The maximum absolute atomic E-state index is 13.4. The highest BCUT2D eigenvalue weighted by molar-refractivity contribution is 6.21. The Labute approximate surface area is 451 Å². The number of amides is 2. The van der Waals surface area contributed by atoms with Gasteiger partial charge in [0.15, 0.2) is 0 Å². The Morgan fingerprint density at radius 1 is 0.554 bits per heavy atom. The molecular formula is C53H92Cl2N10O9. The fraction of sp³-hybridized carbons (Fsp3) is 0.925. The molecule has 8 rings (SSSR count). The van der Waals surface area contributed by atoms with E-state index < -0.39 is 0 Å². The van der Waals surface area contributed by atoms with Crippen LogP contribution in [-0.2, 0) is 42.7 Å². The Morgan fingerprint density at radius 3 is 1.43 bits per heavy atom. The van der Waals surface area contributed by atoms with Gasteiger partial charge in [0, 0.05) is 66.3 Å². The van der Waals surface area contributed by atoms with Gasteiger partial charge >= 0.3 is 0 Å². The molecule has 0 aromatic carbocycles. The van der Waals surface area contributed by atoms with Crippen LogP contribution in [-0.4, -0.2) is 198 Å². The number of ether oxygens (including phenoxy) is 7. The number of alkyl halides is 2. The van der Waals surface area contributed by atoms with Crippen LogP contribution in [0.25, 0.3) is 0 Å². The van der Waals surface area contributed by atoms with E-state index in [1.54, 1.807) is 0 Å². The van der Waals surface area contributed by atoms with Crippen LogP contribution >= 0.6 is 23.2 Å². The van der Waals surface area contributed by atoms with Gasteiger partial charge in [-0.3, -0.25) is 29.4 Å². The van der Waals surface area contributed by atoms with Crippen LogP contribution in [0.3, 0.4) is 0 Å². The molecular weight excluding hydrogens is 992 g/mol. The van der Waals surface area contributed by atoms with Gasteiger partial charge in [-0.2, -0.15) is 0 Å². The van der Waals surface area contributed by atoms with Crippen LogP contribution in [0.2, 0.25) is 0 Å². The molecule has 6 N–H and O–H groups in total. The summed E-state index contributed by atoms with van der Waals surface area (Å²) in [5, 5.41) is 6.55. The molecule has 4 aliphatic heterocycles. The predicted octanol–water partition coefficient (Wildman–Crippen LogP) is 4.24. The molecule has 0 spiro atoms. The van der Waals surface area contributed by atoms with Crippen molar-refractivity contribution in [2.24, 2.45) is 33.7 Å². The third-order valence-electron chi connectivity index (χ3n) is 17.1. The van der Waals surface area contributed by atoms with E-state index in [0.29, 0.717) is 128 Å². The summed E-state index contributed by atoms with van der Waals surface area (Å²) >= 11 is 13.1. The second kappa shape index (κ2) is 30.1. The lowest BCUT2D eigenvalue weighted by molar-refractivity contribution is -0.122. The SMILES string of the molecule is CCNC(=O)C[C@@H]1N=C(C2CCC(Cl)CC2)C2CC(OCCOCCOCCOCCOCCOCCNC(=O)C[C@@H]3N=C(C4CCC(Cl)CC4)C4CC(OC)CCC4N4C(C)NNC34)CCC2N2C(C)NNC12. The van der Waals surface area contributed by atoms with Gasteiger partial charge in [-0.1, -0.05) is 0 Å². The van der Waals surface area contributed by atoms with Gasteiger partial charge in [-0.25, -0.2) is 21.7 Å². The number of carbonyl (C=O) groups excluding carboxylic acids is 2. The van der Waals surface area contributed by atoms with Crippen molar-refractivity contribution in [3.63, 3.8) is 0 Å². The van der Waals surface area contributed by atoms with Crippen molar-refractivity contribution in [1.29, 1.82) is 0 Å². The molecule has 0 radical (unpaired) electrons. The molecule has 12 atom stereocenters. The molecule has 2 amide bonds. The van der Waals surface area contributed by atoms with Crippen LogP contribution in [0.15, 0.2) is 9.98 Å². The van der Waals surface area contributed by atoms with Gasteiger partial charge in [0.25, 0.3) is 0 Å². The lowest BCUT2D eigenvalue weighted by atomic mass is 9.72. The molecule has 2 saturated heterocycles. The Bertz CT molecular complexity index is 1780. The maximum Gasteiger partial charge on any atom is 0.222 e. The van der Waals surface area contributed by atoms with Crippen molar-refractivity contribution in [2.75, 3.05) is 92.9 Å². The third kappa shape index (κ3) is 16.0. The highest BCUT2D eigenvalue weighted by Gasteiger charge is 2.52. The van der Waals surface area contributed by atoms with E-state index in [9.17, 15) is 9.59 Å². The summed E-state index contributed by atoms with van der Waals surface area (Å²) in [6.07, 6.45) is 15.4. The summed E-state index contributed by atoms with van der Waals surface area (Å²) in [6, 6.07) is 0.292. The molecule has 21 heteroatoms. The molecule has 0 aromatic heterocycles. The van der Waals surface area contributed by atoms with E-state index in [-0.39, 0.29) is 77.4 Å². The van der Waals surface area contributed by atoms with E-state index in [1.165, 1.54) is 11.4 Å². The Kier molecular flexibility index (Phi) is 23.8. The van der Waals surface area contributed by atoms with Gasteiger partial charge in [0.1, 0.15) is 0 Å². The zero-order valence-corrected chi connectivity index (χ0v) is 46.5. The number of methoxy groups -OCH3 is 1. The van der Waals surface area contributed by atoms with E-state index >= 15 is 0 Å². The minimum atomic E-state index is -0.208. The Morgan fingerprint density at radius 2 is 0.973 bits per heavy atom. The monoisotopic (exact) mass is 1080 g/mol. The summed E-state index contributed by atoms with van der Waals surface area (Å²) < 4.78 is 41.1. The summed E-state index contributed by atoms with van der Waals surface area (Å²) in [5.41, 5.74) is 16.5. The van der Waals surface area contributed by atoms with Gasteiger partial charge < -0.3 is 43.8 Å². The summed E-state index contributed by atoms with van der Waals surface area (Å²) in [4.78, 5) is 42.4. The minimum Gasteiger partial charge on any atom is -0.381 e. The summed E-state index contributed by atoms with van der Waals surface area (Å²) in [7, 11) is 1.83. The average molecular weight is 1080 g/mol. The van der Waals surface area contributed by atoms with E-state index in [0.717, 1.165) is 89.9 Å². The van der Waals surface area contributed by atoms with Crippen LogP contribution in [0.5, 0.6) is 0 Å². The quantitative estimate of drug-likeness (QED) is 0.0504. The molecule has 0 bridgehead atoms. The minimum absolute atomic E-state index is 0.0195. The third-order valence-corrected chi connectivity index (χ3v) is 18.0. The molecule has 4 aliphatic carbocycles. The number of hydrogen-bond donors (Lipinski definition) is 6. The molecule has 8 aliphatic rings. The van der Waals surface area contributed by atoms with Crippen molar-refractivity contribution in [1.82, 2.24) is 42.1 Å². The topological polar surface area (TPSA) is 202 Å². The van der Waals surface area contributed by atoms with Crippen LogP contribution in [0.1, 0.15) is 124 Å². The number of hydrazine groups is 2. The predicted molar refractivity (Wildman–Crippen MR) is 286 cm³/mol. The van der Waals surface area contributed by atoms with Crippen molar-refractivity contribution in [2.45, 2.75) is 195 Å². The Hall–Kier alpha value is -1.66. The van der Waals surface area contributed by atoms with Gasteiger partial charge in [-0.05, 0) is 122 Å². The number of nitrogens with zero attached hydrogens (tertiary/aromatic N) is 4. The van der Waals surface area contributed by atoms with Crippen molar-refractivity contribution in [3.8, 4) is 0 Å². The largest absolute Gasteiger partial charge is 0.381 e. The van der Waals surface area contributed by atoms with Gasteiger partial charge in [-0.15, -0.1) is 23.2 Å². The van der Waals surface area contributed by atoms with Gasteiger partial charge in [0.05, 0.1) is 134 Å². The number of hydrogen-bond acceptors (Lipinski definition) is 17. The molecule has 19 nitrogen and oxygen atoms in total. The normalized spacial score (nSPS) is 36.6. The average Bonchev–Trinajstić information content (AvgIpc) is 3.91. The first-order chi connectivity index (χ1) is 36.1. The zero-order valence-electron chi connectivity index (χ0n) is 45.0. The molecule has 4 saturated carbocycles. The zero-order chi connectivity index (χ0) is 51.8. The number of fused-ring (bicyclic) bond motifs is 6. The van der Waals surface area contributed by atoms with Crippen LogP contribution < -0.4 is 32.3 Å². The smallest absolute Gasteiger partial charge is 0.222 e. The van der Waals surface area contributed by atoms with Crippen molar-refractivity contribution in [3.05, 3.63) is 0 Å². The number of rotatable bonds is 27. The molecule has 10 unspecified atom stereocenters. The van der Waals surface area contributed by atoms with Gasteiger partial charge in [0.2, 0.25) is 11.8 Å². The number of aliphatic imine (C=N–C) groups is 2. The fourth-order valence-corrected chi connectivity index (χ4v) is 14.0. The second-order valence-corrected chi connectivity index (χ2v) is 23.2. The lowest BCUT2D eigenvalue weighted by Crippen LogP contribution is -2.55. The molecule has 4 heterocycles. The van der Waals surface area contributed by atoms with Crippen molar-refractivity contribution < 1.29 is 42.7 Å². The maximum atomic E-state index is 13.4. The van der Waals surface area contributed by atoms with E-state index in [2.05, 4.69) is 56.0 Å². The highest BCUT2D eigenvalue weighted by atomic mass is 35.5. The second-order valence-electron chi connectivity index (χ2n) is 22.0.